The molecule has 0 saturated carbocycles. The van der Waals surface area contributed by atoms with E-state index in [1.54, 1.807) is 0 Å². The number of aliphatic hydroxyl groups is 1. The van der Waals surface area contributed by atoms with Gasteiger partial charge in [0.1, 0.15) is 23.4 Å². The van der Waals surface area contributed by atoms with Crippen LogP contribution in [0.5, 0.6) is 5.75 Å². The summed E-state index contributed by atoms with van der Waals surface area (Å²) in [4.78, 5) is 35.4. The number of carbonyl (C=O) groups is 3. The third-order valence-electron chi connectivity index (χ3n) is 5.09. The Hall–Kier alpha value is -3.51. The Kier molecular flexibility index (Phi) is 6.19. The van der Waals surface area contributed by atoms with E-state index in [1.165, 1.54) is 36.4 Å². The largest absolute Gasteiger partial charge is 0.489 e. The molecule has 0 aromatic heterocycles. The molecule has 0 aliphatic carbocycles. The van der Waals surface area contributed by atoms with Crippen LogP contribution < -0.4 is 10.5 Å². The number of urea groups is 1. The highest BCUT2D eigenvalue weighted by Gasteiger charge is 2.61. The number of nitrogens with two attached hydrogens (primary N) is 1. The first-order valence-electron chi connectivity index (χ1n) is 9.26. The van der Waals surface area contributed by atoms with Gasteiger partial charge in [0.15, 0.2) is 9.84 Å². The molecule has 2 aromatic rings. The van der Waals surface area contributed by atoms with Crippen molar-refractivity contribution in [3.8, 4) is 5.75 Å². The summed E-state index contributed by atoms with van der Waals surface area (Å²) < 4.78 is 44.6. The standard InChI is InChI=1S/C20H19FN2O8S/c21-13-3-1-12(2-4-13)11-31-14-5-7-15(8-6-14)32(29,30)16-9-10-23(19(22)27)17(24)20(16,28)18(25)26/h1-8,16,28H,9-11H2,(H2,22,27)(H,25,26). The molecule has 0 bridgehead atoms. The van der Waals surface area contributed by atoms with Gasteiger partial charge in [-0.05, 0) is 48.4 Å². The van der Waals surface area contributed by atoms with Crippen molar-refractivity contribution in [2.75, 3.05) is 6.54 Å². The lowest BCUT2D eigenvalue weighted by Crippen LogP contribution is -2.68. The van der Waals surface area contributed by atoms with Gasteiger partial charge >= 0.3 is 12.0 Å². The number of aliphatic carboxylic acids is 1. The lowest BCUT2D eigenvalue weighted by atomic mass is 9.91. The normalized spacial score (nSPS) is 21.2. The Labute approximate surface area is 181 Å². The molecule has 3 rings (SSSR count). The van der Waals surface area contributed by atoms with Gasteiger partial charge in [-0.3, -0.25) is 9.69 Å². The molecule has 2 unspecified atom stereocenters. The minimum atomic E-state index is -4.51. The van der Waals surface area contributed by atoms with Crippen LogP contribution in [0.3, 0.4) is 0 Å². The first-order chi connectivity index (χ1) is 15.0. The zero-order valence-corrected chi connectivity index (χ0v) is 17.3. The second-order valence-corrected chi connectivity index (χ2v) is 9.21. The average molecular weight is 466 g/mol. The molecule has 10 nitrogen and oxygen atoms in total. The summed E-state index contributed by atoms with van der Waals surface area (Å²) in [5.74, 6) is -3.84. The molecule has 2 atom stereocenters. The summed E-state index contributed by atoms with van der Waals surface area (Å²) >= 11 is 0. The molecule has 1 aliphatic rings. The summed E-state index contributed by atoms with van der Waals surface area (Å²) in [6.07, 6.45) is -0.525. The number of carboxylic acids is 1. The first-order valence-corrected chi connectivity index (χ1v) is 10.8. The zero-order valence-electron chi connectivity index (χ0n) is 16.5. The predicted octanol–water partition coefficient (Wildman–Crippen LogP) is 0.674. The summed E-state index contributed by atoms with van der Waals surface area (Å²) in [5, 5.41) is 17.9. The molecule has 4 N–H and O–H groups in total. The zero-order chi connectivity index (χ0) is 23.7. The van der Waals surface area contributed by atoms with Gasteiger partial charge in [0, 0.05) is 6.54 Å². The number of carbonyl (C=O) groups excluding carboxylic acids is 2. The highest BCUT2D eigenvalue weighted by molar-refractivity contribution is 7.92. The van der Waals surface area contributed by atoms with Crippen LogP contribution in [0.1, 0.15) is 12.0 Å². The van der Waals surface area contributed by atoms with Gasteiger partial charge in [-0.1, -0.05) is 12.1 Å². The van der Waals surface area contributed by atoms with E-state index >= 15 is 0 Å². The molecule has 2 aromatic carbocycles. The summed E-state index contributed by atoms with van der Waals surface area (Å²) in [6, 6.07) is 9.20. The van der Waals surface area contributed by atoms with Crippen molar-refractivity contribution in [2.24, 2.45) is 5.73 Å². The predicted molar refractivity (Wildman–Crippen MR) is 107 cm³/mol. The van der Waals surface area contributed by atoms with Gasteiger partial charge in [0.05, 0.1) is 4.90 Å². The van der Waals surface area contributed by atoms with Crippen LogP contribution in [0.25, 0.3) is 0 Å². The minimum Gasteiger partial charge on any atom is -0.489 e. The van der Waals surface area contributed by atoms with Gasteiger partial charge in [-0.25, -0.2) is 22.4 Å². The fourth-order valence-corrected chi connectivity index (χ4v) is 5.27. The molecular weight excluding hydrogens is 447 g/mol. The molecule has 1 fully saturated rings. The molecule has 0 radical (unpaired) electrons. The fraction of sp³-hybridized carbons (Fsp3) is 0.250. The van der Waals surface area contributed by atoms with E-state index in [-0.39, 0.29) is 17.3 Å². The van der Waals surface area contributed by atoms with E-state index in [2.05, 4.69) is 0 Å². The third-order valence-corrected chi connectivity index (χ3v) is 7.34. The highest BCUT2D eigenvalue weighted by Crippen LogP contribution is 2.33. The number of rotatable bonds is 6. The van der Waals surface area contributed by atoms with E-state index in [0.717, 1.165) is 12.1 Å². The van der Waals surface area contributed by atoms with Crippen LogP contribution >= 0.6 is 0 Å². The smallest absolute Gasteiger partial charge is 0.347 e. The molecule has 0 spiro atoms. The maximum Gasteiger partial charge on any atom is 0.347 e. The molecule has 32 heavy (non-hydrogen) atoms. The maximum atomic E-state index is 13.1. The van der Waals surface area contributed by atoms with Crippen molar-refractivity contribution >= 4 is 27.7 Å². The van der Waals surface area contributed by atoms with Gasteiger partial charge < -0.3 is 20.7 Å². The number of halogens is 1. The van der Waals surface area contributed by atoms with Gasteiger partial charge in [0.25, 0.3) is 11.5 Å². The van der Waals surface area contributed by atoms with Crippen LogP contribution in [0.4, 0.5) is 9.18 Å². The van der Waals surface area contributed by atoms with Crippen LogP contribution in [0.2, 0.25) is 0 Å². The van der Waals surface area contributed by atoms with E-state index in [4.69, 9.17) is 10.5 Å². The second kappa shape index (κ2) is 8.55. The lowest BCUT2D eigenvalue weighted by molar-refractivity contribution is -0.173. The number of amides is 3. The fourth-order valence-electron chi connectivity index (χ4n) is 3.36. The number of sulfone groups is 1. The quantitative estimate of drug-likeness (QED) is 0.523. The molecule has 1 heterocycles. The maximum absolute atomic E-state index is 13.1. The van der Waals surface area contributed by atoms with Crippen molar-refractivity contribution < 1.29 is 42.1 Å². The number of primary amides is 1. The topological polar surface area (TPSA) is 164 Å². The number of benzene rings is 2. The number of piperidine rings is 1. The number of carboxylic acid groups (broad SMARTS) is 1. The SMILES string of the molecule is NC(=O)N1CCC(S(=O)(=O)c2ccc(OCc3ccc(F)cc3)cc2)C(O)(C(=O)O)C1=O. The molecule has 3 amide bonds. The first kappa shape index (κ1) is 23.2. The van der Waals surface area contributed by atoms with Crippen molar-refractivity contribution in [3.05, 3.63) is 59.9 Å². The number of ether oxygens (including phenoxy) is 1. The Balaban J connectivity index is 1.83. The van der Waals surface area contributed by atoms with E-state index < -0.39 is 57.4 Å². The van der Waals surface area contributed by atoms with Crippen LogP contribution in [0.15, 0.2) is 53.4 Å². The van der Waals surface area contributed by atoms with Gasteiger partial charge in [-0.15, -0.1) is 0 Å². The summed E-state index contributed by atoms with van der Waals surface area (Å²) in [5.41, 5.74) is 2.31. The van der Waals surface area contributed by atoms with Gasteiger partial charge in [-0.2, -0.15) is 0 Å². The Bertz CT molecular complexity index is 1150. The average Bonchev–Trinajstić information content (AvgIpc) is 2.75. The van der Waals surface area contributed by atoms with Crippen LogP contribution in [-0.2, 0) is 26.0 Å². The monoisotopic (exact) mass is 466 g/mol. The summed E-state index contributed by atoms with van der Waals surface area (Å²) in [7, 11) is -4.51. The highest BCUT2D eigenvalue weighted by atomic mass is 32.2. The molecular formula is C20H19FN2O8S. The Morgan fingerprint density at radius 2 is 1.75 bits per heavy atom. The van der Waals surface area contributed by atoms with E-state index in [9.17, 15) is 37.4 Å². The van der Waals surface area contributed by atoms with Crippen molar-refractivity contribution in [1.82, 2.24) is 4.90 Å². The van der Waals surface area contributed by atoms with Crippen molar-refractivity contribution in [1.29, 1.82) is 0 Å². The van der Waals surface area contributed by atoms with Crippen molar-refractivity contribution in [3.63, 3.8) is 0 Å². The number of imide groups is 1. The number of likely N-dealkylation sites (tertiary alicyclic amines) is 1. The van der Waals surface area contributed by atoms with E-state index in [1.807, 2.05) is 0 Å². The Morgan fingerprint density at radius 3 is 2.28 bits per heavy atom. The van der Waals surface area contributed by atoms with E-state index in [0.29, 0.717) is 10.5 Å². The molecule has 170 valence electrons. The number of hydrogen-bond acceptors (Lipinski definition) is 7. The molecule has 1 saturated heterocycles. The lowest BCUT2D eigenvalue weighted by Gasteiger charge is -2.38. The van der Waals surface area contributed by atoms with Crippen molar-refractivity contribution in [2.45, 2.75) is 28.8 Å². The Morgan fingerprint density at radius 1 is 1.16 bits per heavy atom. The summed E-state index contributed by atoms with van der Waals surface area (Å²) in [6.45, 7) is -0.377. The molecule has 12 heteroatoms. The third kappa shape index (κ3) is 4.14. The molecule has 1 aliphatic heterocycles. The second-order valence-electron chi connectivity index (χ2n) is 7.08. The van der Waals surface area contributed by atoms with Crippen LogP contribution in [0, 0.1) is 5.82 Å². The number of nitrogens with zero attached hydrogens (tertiary/aromatic N) is 1. The van der Waals surface area contributed by atoms with Crippen LogP contribution in [-0.4, -0.2) is 58.8 Å². The minimum absolute atomic E-state index is 0.0885. The van der Waals surface area contributed by atoms with Gasteiger partial charge in [0.2, 0.25) is 0 Å². The number of hydrogen-bond donors (Lipinski definition) is 3.